The van der Waals surface area contributed by atoms with Gasteiger partial charge in [0.1, 0.15) is 12.4 Å². The molecule has 2 heterocycles. The number of esters is 1. The fraction of sp³-hybridized carbons (Fsp3) is 0.276. The molecule has 9 heteroatoms. The van der Waals surface area contributed by atoms with E-state index in [0.29, 0.717) is 44.5 Å². The Balaban J connectivity index is 1.87. The molecule has 0 bridgehead atoms. The van der Waals surface area contributed by atoms with Gasteiger partial charge in [0.25, 0.3) is 5.56 Å². The van der Waals surface area contributed by atoms with E-state index >= 15 is 0 Å². The summed E-state index contributed by atoms with van der Waals surface area (Å²) in [4.78, 5) is 32.1. The van der Waals surface area contributed by atoms with Gasteiger partial charge in [-0.3, -0.25) is 9.36 Å². The van der Waals surface area contributed by atoms with E-state index in [0.717, 1.165) is 11.1 Å². The highest BCUT2D eigenvalue weighted by Gasteiger charge is 2.33. The minimum Gasteiger partial charge on any atom is -0.497 e. The van der Waals surface area contributed by atoms with Crippen LogP contribution in [0.2, 0.25) is 0 Å². The number of carbonyl (C=O) groups excluding carboxylic acids is 1. The number of methoxy groups -OCH3 is 2. The van der Waals surface area contributed by atoms with Crippen LogP contribution in [0.1, 0.15) is 37.9 Å². The van der Waals surface area contributed by atoms with Crippen molar-refractivity contribution in [3.8, 4) is 17.2 Å². The van der Waals surface area contributed by atoms with Crippen LogP contribution in [0.3, 0.4) is 0 Å². The molecule has 0 radical (unpaired) electrons. The van der Waals surface area contributed by atoms with Crippen molar-refractivity contribution in [2.45, 2.75) is 32.9 Å². The van der Waals surface area contributed by atoms with E-state index in [-0.39, 0.29) is 11.7 Å². The molecular weight excluding hydrogens is 504 g/mol. The Kier molecular flexibility index (Phi) is 8.16. The first-order chi connectivity index (χ1) is 18.3. The van der Waals surface area contributed by atoms with E-state index in [1.807, 2.05) is 18.2 Å². The lowest BCUT2D eigenvalue weighted by atomic mass is 9.96. The van der Waals surface area contributed by atoms with Crippen LogP contribution in [-0.2, 0) is 9.53 Å². The Morgan fingerprint density at radius 1 is 1.13 bits per heavy atom. The molecule has 0 N–H and O–H groups in total. The summed E-state index contributed by atoms with van der Waals surface area (Å²) in [7, 11) is 3.14. The second-order valence-electron chi connectivity index (χ2n) is 8.82. The highest BCUT2D eigenvalue weighted by molar-refractivity contribution is 7.07. The van der Waals surface area contributed by atoms with E-state index in [2.05, 4.69) is 11.6 Å². The third-order valence-electron chi connectivity index (χ3n) is 5.86. The minimum absolute atomic E-state index is 0.261. The van der Waals surface area contributed by atoms with E-state index in [9.17, 15) is 9.59 Å². The molecule has 1 aliphatic rings. The maximum Gasteiger partial charge on any atom is 0.338 e. The summed E-state index contributed by atoms with van der Waals surface area (Å²) in [5, 5.41) is 0. The molecule has 0 saturated heterocycles. The number of thiazole rings is 1. The first kappa shape index (κ1) is 26.9. The third-order valence-corrected chi connectivity index (χ3v) is 6.84. The summed E-state index contributed by atoms with van der Waals surface area (Å²) in [5.74, 6) is 1.28. The molecule has 1 aromatic heterocycles. The van der Waals surface area contributed by atoms with Crippen molar-refractivity contribution in [1.29, 1.82) is 0 Å². The molecule has 38 heavy (non-hydrogen) atoms. The van der Waals surface area contributed by atoms with Crippen molar-refractivity contribution in [2.24, 2.45) is 4.99 Å². The van der Waals surface area contributed by atoms with Gasteiger partial charge in [-0.05, 0) is 62.2 Å². The highest BCUT2D eigenvalue weighted by atomic mass is 32.1. The van der Waals surface area contributed by atoms with Gasteiger partial charge in [0, 0.05) is 0 Å². The topological polar surface area (TPSA) is 88.4 Å². The Labute approximate surface area is 224 Å². The van der Waals surface area contributed by atoms with Crippen molar-refractivity contribution in [2.75, 3.05) is 20.8 Å². The quantitative estimate of drug-likeness (QED) is 0.307. The summed E-state index contributed by atoms with van der Waals surface area (Å²) in [6.45, 7) is 9.34. The van der Waals surface area contributed by atoms with Gasteiger partial charge in [0.2, 0.25) is 0 Å². The molecule has 0 aliphatic carbocycles. The molecule has 0 unspecified atom stereocenters. The molecule has 0 amide bonds. The summed E-state index contributed by atoms with van der Waals surface area (Å²) in [6.07, 6.45) is 3.11. The van der Waals surface area contributed by atoms with Gasteiger partial charge in [0.15, 0.2) is 16.3 Å². The molecule has 2 aromatic carbocycles. The number of benzene rings is 2. The summed E-state index contributed by atoms with van der Waals surface area (Å²) >= 11 is 1.26. The number of carbonyl (C=O) groups is 1. The van der Waals surface area contributed by atoms with E-state index in [1.165, 1.54) is 11.3 Å². The largest absolute Gasteiger partial charge is 0.497 e. The van der Waals surface area contributed by atoms with Gasteiger partial charge in [-0.2, -0.15) is 0 Å². The lowest BCUT2D eigenvalue weighted by Crippen LogP contribution is -2.40. The van der Waals surface area contributed by atoms with Crippen LogP contribution in [0.25, 0.3) is 6.08 Å². The maximum atomic E-state index is 13.8. The molecule has 0 spiro atoms. The molecule has 8 nitrogen and oxygen atoms in total. The molecule has 0 saturated carbocycles. The second-order valence-corrected chi connectivity index (χ2v) is 9.83. The lowest BCUT2D eigenvalue weighted by Gasteiger charge is -2.25. The second kappa shape index (κ2) is 11.5. The fourth-order valence-electron chi connectivity index (χ4n) is 4.16. The zero-order chi connectivity index (χ0) is 27.4. The number of aromatic nitrogens is 1. The SMILES string of the molecule is C=CCOc1ccc(/C=c2/sc3n(c2=O)[C@H](c2ccc(OC)cc2)C(C(=O)OC(C)C)=C(C)N=3)cc1OC. The van der Waals surface area contributed by atoms with E-state index in [1.54, 1.807) is 76.0 Å². The van der Waals surface area contributed by atoms with E-state index in [4.69, 9.17) is 18.9 Å². The standard InChI is InChI=1S/C29H30N2O6S/c1-7-14-36-22-13-8-19(15-23(22)35-6)16-24-27(32)31-26(20-9-11-21(34-5)12-10-20)25(28(33)37-17(2)3)18(4)30-29(31)38-24/h7-13,15-17,26H,1,14H2,2-6H3/b24-16+/t26-/m1/s1. The molecular formula is C29H30N2O6S. The smallest absolute Gasteiger partial charge is 0.338 e. The molecule has 1 atom stereocenters. The molecule has 4 rings (SSSR count). The van der Waals surface area contributed by atoms with Gasteiger partial charge >= 0.3 is 5.97 Å². The normalized spacial score (nSPS) is 15.1. The lowest BCUT2D eigenvalue weighted by molar-refractivity contribution is -0.143. The number of hydrogen-bond acceptors (Lipinski definition) is 8. The zero-order valence-electron chi connectivity index (χ0n) is 22.0. The first-order valence-corrected chi connectivity index (χ1v) is 12.9. The van der Waals surface area contributed by atoms with Gasteiger partial charge < -0.3 is 18.9 Å². The van der Waals surface area contributed by atoms with Gasteiger partial charge in [-0.1, -0.05) is 42.2 Å². The number of allylic oxidation sites excluding steroid dienone is 1. The van der Waals surface area contributed by atoms with Crippen molar-refractivity contribution >= 4 is 23.4 Å². The summed E-state index contributed by atoms with van der Waals surface area (Å²) in [5.41, 5.74) is 2.08. The van der Waals surface area contributed by atoms with Crippen molar-refractivity contribution < 1.29 is 23.7 Å². The van der Waals surface area contributed by atoms with Crippen LogP contribution in [0, 0.1) is 0 Å². The summed E-state index contributed by atoms with van der Waals surface area (Å²) in [6, 6.07) is 12.0. The predicted octanol–water partition coefficient (Wildman–Crippen LogP) is 3.77. The molecule has 1 aliphatic heterocycles. The number of ether oxygens (including phenoxy) is 4. The number of rotatable bonds is 9. The van der Waals surface area contributed by atoms with Crippen LogP contribution >= 0.6 is 11.3 Å². The number of nitrogens with zero attached hydrogens (tertiary/aromatic N) is 2. The van der Waals surface area contributed by atoms with Crippen LogP contribution in [0.4, 0.5) is 0 Å². The Morgan fingerprint density at radius 2 is 1.87 bits per heavy atom. The Morgan fingerprint density at radius 3 is 2.50 bits per heavy atom. The van der Waals surface area contributed by atoms with Crippen LogP contribution in [0.5, 0.6) is 17.2 Å². The summed E-state index contributed by atoms with van der Waals surface area (Å²) < 4.78 is 24.0. The minimum atomic E-state index is -0.699. The molecule has 198 valence electrons. The maximum absolute atomic E-state index is 13.8. The van der Waals surface area contributed by atoms with Crippen molar-refractivity contribution in [3.63, 3.8) is 0 Å². The average Bonchev–Trinajstić information content (AvgIpc) is 3.20. The number of fused-ring (bicyclic) bond motifs is 1. The van der Waals surface area contributed by atoms with Crippen LogP contribution in [-0.4, -0.2) is 37.5 Å². The number of hydrogen-bond donors (Lipinski definition) is 0. The predicted molar refractivity (Wildman–Crippen MR) is 147 cm³/mol. The van der Waals surface area contributed by atoms with E-state index < -0.39 is 12.0 Å². The van der Waals surface area contributed by atoms with Gasteiger partial charge in [-0.15, -0.1) is 0 Å². The highest BCUT2D eigenvalue weighted by Crippen LogP contribution is 2.32. The first-order valence-electron chi connectivity index (χ1n) is 12.1. The van der Waals surface area contributed by atoms with Crippen LogP contribution in [0.15, 0.2) is 76.2 Å². The fourth-order valence-corrected chi connectivity index (χ4v) is 5.20. The monoisotopic (exact) mass is 534 g/mol. The van der Waals surface area contributed by atoms with Gasteiger partial charge in [0.05, 0.1) is 42.2 Å². The average molecular weight is 535 g/mol. The molecule has 3 aromatic rings. The van der Waals surface area contributed by atoms with Crippen molar-refractivity contribution in [1.82, 2.24) is 4.57 Å². The Hall–Kier alpha value is -4.11. The molecule has 0 fully saturated rings. The Bertz CT molecular complexity index is 1560. The van der Waals surface area contributed by atoms with Crippen molar-refractivity contribution in [3.05, 3.63) is 97.2 Å². The zero-order valence-corrected chi connectivity index (χ0v) is 22.8. The van der Waals surface area contributed by atoms with Crippen LogP contribution < -0.4 is 29.1 Å². The third kappa shape index (κ3) is 5.43. The van der Waals surface area contributed by atoms with Gasteiger partial charge in [-0.25, -0.2) is 9.79 Å².